The van der Waals surface area contributed by atoms with Crippen LogP contribution in [0.5, 0.6) is 0 Å². The van der Waals surface area contributed by atoms with Gasteiger partial charge in [-0.2, -0.15) is 6.42 Å². The molecule has 0 N–H and O–H groups in total. The molecular formula is C93H119Br4I2N7O14Zn2. The summed E-state index contributed by atoms with van der Waals surface area (Å²) >= 11 is 19.3. The van der Waals surface area contributed by atoms with Crippen LogP contribution in [0.3, 0.4) is 0 Å². The Bertz CT molecular complexity index is 4570. The zero-order chi connectivity index (χ0) is 87.4. The molecule has 0 saturated carbocycles. The number of halogens is 6. The minimum atomic E-state index is -0.466. The number of benzene rings is 7. The molecule has 0 spiro atoms. The van der Waals surface area contributed by atoms with Gasteiger partial charge in [0.15, 0.2) is 0 Å². The van der Waals surface area contributed by atoms with Gasteiger partial charge in [-0.3, -0.25) is 59.1 Å². The van der Waals surface area contributed by atoms with Crippen molar-refractivity contribution in [3.63, 3.8) is 0 Å². The van der Waals surface area contributed by atoms with Gasteiger partial charge in [-0.25, -0.2) is 9.59 Å². The molecule has 5 aliphatic rings. The molecule has 5 fully saturated rings. The fraction of sp³-hybridized carbons (Fsp3) is 0.430. The van der Waals surface area contributed by atoms with Crippen molar-refractivity contribution in [3.8, 4) is 0 Å². The Morgan fingerprint density at radius 1 is 0.393 bits per heavy atom. The topological polar surface area (TPSA) is 242 Å². The van der Waals surface area contributed by atoms with Gasteiger partial charge in [0.2, 0.25) is 0 Å². The molecule has 122 heavy (non-hydrogen) atoms. The van der Waals surface area contributed by atoms with E-state index in [0.29, 0.717) is 62.5 Å². The number of alkyl halides is 2. The Morgan fingerprint density at radius 2 is 0.697 bits per heavy atom. The van der Waals surface area contributed by atoms with Gasteiger partial charge in [0.25, 0.3) is 17.3 Å². The number of hydrogen-bond donors (Lipinski definition) is 0. The van der Waals surface area contributed by atoms with Gasteiger partial charge in [-0.1, -0.05) is 161 Å². The van der Waals surface area contributed by atoms with Gasteiger partial charge in [0.1, 0.15) is 21.3 Å². The Labute approximate surface area is 800 Å². The number of carbonyl (C=O) groups is 3. The van der Waals surface area contributed by atoms with Gasteiger partial charge < -0.3 is 36.9 Å². The van der Waals surface area contributed by atoms with Crippen molar-refractivity contribution in [3.05, 3.63) is 288 Å². The van der Waals surface area contributed by atoms with Crippen LogP contribution in [0.4, 0.5) is 11.4 Å². The van der Waals surface area contributed by atoms with Crippen LogP contribution in [0.1, 0.15) is 155 Å². The predicted molar refractivity (Wildman–Crippen MR) is 517 cm³/mol. The summed E-state index contributed by atoms with van der Waals surface area (Å²) in [5.74, 6) is -0.704. The van der Waals surface area contributed by atoms with Crippen molar-refractivity contribution in [2.75, 3.05) is 95.9 Å². The molecule has 21 nitrogen and oxygen atoms in total. The molecule has 7 aromatic carbocycles. The number of nitrogens with zero attached hydrogens (tertiary/aromatic N) is 7. The third-order valence-electron chi connectivity index (χ3n) is 19.7. The van der Waals surface area contributed by atoms with Crippen molar-refractivity contribution in [2.24, 2.45) is 0 Å². The Kier molecular flexibility index (Phi) is 59.2. The number of rotatable bonds is 24. The molecule has 2 aromatic heterocycles. The van der Waals surface area contributed by atoms with Crippen LogP contribution in [0, 0.1) is 41.2 Å². The van der Waals surface area contributed by atoms with E-state index in [4.69, 9.17) is 13.6 Å². The second-order valence-electron chi connectivity index (χ2n) is 28.8. The second kappa shape index (κ2) is 65.2. The number of nitro benzene ring substituents is 2. The summed E-state index contributed by atoms with van der Waals surface area (Å²) in [5.41, 5.74) is 12.6. The molecule has 0 unspecified atom stereocenters. The number of hydrogen-bond acceptors (Lipinski definition) is 19. The molecule has 5 saturated heterocycles. The first-order chi connectivity index (χ1) is 58.1. The molecule has 14 rings (SSSR count). The van der Waals surface area contributed by atoms with E-state index >= 15 is 0 Å². The summed E-state index contributed by atoms with van der Waals surface area (Å²) in [6, 6.07) is 55.2. The summed E-state index contributed by atoms with van der Waals surface area (Å²) in [6.45, 7) is 30.4. The van der Waals surface area contributed by atoms with E-state index in [1.54, 1.807) is 6.07 Å². The van der Waals surface area contributed by atoms with Crippen LogP contribution >= 0.6 is 104 Å². The number of ether oxygens (including phenoxy) is 3. The van der Waals surface area contributed by atoms with Crippen molar-refractivity contribution >= 4 is 156 Å². The van der Waals surface area contributed by atoms with Crippen LogP contribution < -0.4 is 11.3 Å². The Hall–Kier alpha value is -5.40. The number of fused-ring (bicyclic) bond motifs is 2. The fourth-order valence-electron chi connectivity index (χ4n) is 13.7. The maximum atomic E-state index is 11.5. The van der Waals surface area contributed by atoms with E-state index in [2.05, 4.69) is 251 Å². The van der Waals surface area contributed by atoms with E-state index in [1.807, 2.05) is 22.6 Å². The van der Waals surface area contributed by atoms with E-state index in [9.17, 15) is 44.2 Å². The molecule has 29 heteroatoms. The van der Waals surface area contributed by atoms with Gasteiger partial charge in [0.05, 0.1) is 16.5 Å². The zero-order valence-electron chi connectivity index (χ0n) is 69.4. The minimum absolute atomic E-state index is 0. The summed E-state index contributed by atoms with van der Waals surface area (Å²) in [6.07, 6.45) is 17.5. The van der Waals surface area contributed by atoms with E-state index in [-0.39, 0.29) is 55.7 Å². The molecule has 0 bridgehead atoms. The summed E-state index contributed by atoms with van der Waals surface area (Å²) in [5, 5.41) is 25.1. The van der Waals surface area contributed by atoms with Crippen LogP contribution in [0.2, 0.25) is 0 Å². The third-order valence-corrected chi connectivity index (χ3v) is 22.3. The molecule has 0 radical (unpaired) electrons. The predicted octanol–water partition coefficient (Wildman–Crippen LogP) is 21.8. The summed E-state index contributed by atoms with van der Waals surface area (Å²) in [4.78, 5) is 86.6. The molecule has 9 aromatic rings. The molecule has 7 heterocycles. The average Bonchev–Trinajstić information content (AvgIpc) is 1.24. The summed E-state index contributed by atoms with van der Waals surface area (Å²) < 4.78 is 25.6. The number of aryl methyl sites for hydroxylation is 3. The van der Waals surface area contributed by atoms with E-state index < -0.39 is 16.2 Å². The van der Waals surface area contributed by atoms with Crippen molar-refractivity contribution in [1.29, 1.82) is 0 Å². The zero-order valence-corrected chi connectivity index (χ0v) is 85.9. The number of nitro groups is 2. The first-order valence-electron chi connectivity index (χ1n) is 40.5. The first-order valence-corrected chi connectivity index (χ1v) is 58.8. The van der Waals surface area contributed by atoms with Gasteiger partial charge >= 0.3 is 83.1 Å². The fourth-order valence-corrected chi connectivity index (χ4v) is 15.5. The van der Waals surface area contributed by atoms with Crippen LogP contribution in [0.25, 0.3) is 21.9 Å². The van der Waals surface area contributed by atoms with Crippen molar-refractivity contribution in [2.45, 2.75) is 165 Å². The third kappa shape index (κ3) is 44.4. The van der Waals surface area contributed by atoms with Crippen molar-refractivity contribution in [1.82, 2.24) is 24.5 Å². The maximum absolute atomic E-state index is 11.5. The van der Waals surface area contributed by atoms with Gasteiger partial charge in [-0.05, 0) is 282 Å². The summed E-state index contributed by atoms with van der Waals surface area (Å²) in [7, 11) is 0. The average molecular weight is 2260 g/mol. The van der Waals surface area contributed by atoms with E-state index in [0.717, 1.165) is 62.9 Å². The molecule has 0 amide bonds. The molecule has 656 valence electrons. The van der Waals surface area contributed by atoms with E-state index in [1.165, 1.54) is 274 Å². The second-order valence-corrected chi connectivity index (χ2v) is 32.7. The Balaban J connectivity index is 0.000000369. The first kappa shape index (κ1) is 111. The van der Waals surface area contributed by atoms with Crippen molar-refractivity contribution < 1.29 is 80.0 Å². The molecule has 0 aliphatic carbocycles. The number of carbonyl (C=O) groups excluding carboxylic acids is 3. The molecule has 0 atom stereocenters. The van der Waals surface area contributed by atoms with Gasteiger partial charge in [-0.15, -0.1) is 0 Å². The molecule has 5 aliphatic heterocycles. The SMILES string of the molecule is BrCCc1ccc(CN2CCCC2)cc1.C.C.CC(=O)OCCBr.CC(=O)OCCc1ccc(CN2CCCC2)cc1.Ic1ccc(CN2CCCC2)cc1.O=c1ccc2c(CCc3ccc(CN4CCCC4)cc3)c([N+](=O)[O-])ccc2o1.O=c1ccc2c(I)c([N+](=O)[O-])ccc2o1.[CH2-]COC(C)=O.[CH2-]Cc1ccc(CN2CCCC2)cc1.[Zn+][Br].[Zn+][Br]. The standard InChI is InChI=1S/C22H22N2O4.C15H21NO2.C13H18BrN.C13H18N.C11H14IN.C9H4INO4.C4H7BrO2.C4H7O2.2CH4.2BrH.2Zn/c25-22-12-9-19-18(20(24(26)27)10-11-21(19)28-22)8-7-16-3-5-17(6-4-16)15-23-13-1-2-14-23;1-13(17)18-11-8-14-4-6-15(7-5-14)12-16-9-2-3-10-16;14-8-7-12-3-5-13(6-4-12)11-15-9-1-2-10-15;1-2-12-5-7-13(8-6-12)11-14-9-3-4-10-14;12-11-5-3-10(4-6-11)9-13-7-1-2-8-13;10-9-5-1-4-8(12)15-7(5)3-2-6(9)11(13)14;1-4(6)7-3-2-5;1-3-6-4(2)5;;;;;;/h3-6,9-12H,1-2,7-8,13-15H2;4-7H,2-3,8-12H2,1H3;3-6H,1-2,7-11H2;5-8H,1-4,9-11H2;3-6H,1-2,7-9H2;1-4H;2-3H2,1H3;1,3H2,2H3;2*1H4;2*1H;;/q;;;-1;;;;-1;;;;;2*+2/p-2. The monoisotopic (exact) mass is 2260 g/mol. The quantitative estimate of drug-likeness (QED) is 0.00628. The van der Waals surface area contributed by atoms with Crippen LogP contribution in [-0.2, 0) is 126 Å². The molecular weight excluding hydrogens is 2140 g/mol. The van der Waals surface area contributed by atoms with Crippen LogP contribution in [0.15, 0.2) is 188 Å². The number of esters is 3. The normalized spacial score (nSPS) is 14.0. The number of likely N-dealkylation sites (tertiary alicyclic amines) is 5. The van der Waals surface area contributed by atoms with Gasteiger partial charge in [0, 0.05) is 115 Å². The Morgan fingerprint density at radius 3 is 1.01 bits per heavy atom. The van der Waals surface area contributed by atoms with Crippen LogP contribution in [-0.4, -0.2) is 148 Å².